The van der Waals surface area contributed by atoms with E-state index in [0.29, 0.717) is 0 Å². The molecule has 0 bridgehead atoms. The lowest BCUT2D eigenvalue weighted by atomic mass is 10.2. The van der Waals surface area contributed by atoms with Crippen molar-refractivity contribution in [3.63, 3.8) is 0 Å². The Morgan fingerprint density at radius 1 is 1.18 bits per heavy atom. The van der Waals surface area contributed by atoms with Gasteiger partial charge in [0.05, 0.1) is 0 Å². The van der Waals surface area contributed by atoms with Gasteiger partial charge >= 0.3 is 0 Å². The van der Waals surface area contributed by atoms with Crippen molar-refractivity contribution in [2.75, 3.05) is 6.66 Å². The first-order valence-corrected chi connectivity index (χ1v) is 8.61. The third kappa shape index (κ3) is 3.85. The van der Waals surface area contributed by atoms with Crippen molar-refractivity contribution in [2.45, 2.75) is 39.5 Å². The zero-order chi connectivity index (χ0) is 12.7. The Morgan fingerprint density at radius 2 is 1.82 bits per heavy atom. The van der Waals surface area contributed by atoms with Crippen molar-refractivity contribution >= 4 is 12.4 Å². The molecule has 1 aromatic carbocycles. The summed E-state index contributed by atoms with van der Waals surface area (Å²) in [6.45, 7) is 6.20. The van der Waals surface area contributed by atoms with Crippen LogP contribution in [0.15, 0.2) is 41.7 Å². The van der Waals surface area contributed by atoms with Gasteiger partial charge in [-0.15, -0.1) is 0 Å². The molecule has 2 heteroatoms. The summed E-state index contributed by atoms with van der Waals surface area (Å²) in [4.78, 5) is 0. The largest absolute Gasteiger partial charge is 0.314 e. The predicted molar refractivity (Wildman–Crippen MR) is 77.5 cm³/mol. The number of hydrogen-bond donors (Lipinski definition) is 0. The molecule has 94 valence electrons. The third-order valence-corrected chi connectivity index (χ3v) is 5.76. The van der Waals surface area contributed by atoms with E-state index in [-0.39, 0.29) is 0 Å². The molecule has 1 unspecified atom stereocenters. The molecule has 0 aromatic heterocycles. The molecule has 1 nitrogen and oxygen atoms in total. The molecule has 1 aromatic rings. The van der Waals surface area contributed by atoms with E-state index in [4.69, 9.17) is 0 Å². The van der Waals surface area contributed by atoms with Crippen LogP contribution in [0.2, 0.25) is 0 Å². The predicted octanol–water partition coefficient (Wildman–Crippen LogP) is 4.79. The van der Waals surface area contributed by atoms with Gasteiger partial charge in [0.15, 0.2) is 0 Å². The van der Waals surface area contributed by atoms with Gasteiger partial charge in [-0.1, -0.05) is 63.1 Å². The van der Waals surface area contributed by atoms with Crippen LogP contribution in [-0.4, -0.2) is 6.66 Å². The van der Waals surface area contributed by atoms with E-state index < -0.39 is 7.14 Å². The molecule has 0 aliphatic carbocycles. The fourth-order valence-electron chi connectivity index (χ4n) is 1.93. The van der Waals surface area contributed by atoms with Gasteiger partial charge in [0.1, 0.15) is 7.14 Å². The lowest BCUT2D eigenvalue weighted by Crippen LogP contribution is -2.05. The van der Waals surface area contributed by atoms with E-state index in [2.05, 4.69) is 19.9 Å². The molecule has 0 fully saturated rings. The standard InChI is InChI=1S/C15H23OP/c1-4-6-11-14(10-5-2)17(3,16)15-12-8-7-9-13-15/h7-9,11-13H,4-6,10H2,1-3H3/b14-11+. The first-order valence-electron chi connectivity index (χ1n) is 6.45. The summed E-state index contributed by atoms with van der Waals surface area (Å²) in [6.07, 6.45) is 6.34. The smallest absolute Gasteiger partial charge is 0.136 e. The maximum Gasteiger partial charge on any atom is 0.136 e. The van der Waals surface area contributed by atoms with Crippen LogP contribution in [0.4, 0.5) is 0 Å². The zero-order valence-corrected chi connectivity index (χ0v) is 12.0. The van der Waals surface area contributed by atoms with Crippen LogP contribution >= 0.6 is 7.14 Å². The van der Waals surface area contributed by atoms with E-state index in [1.165, 1.54) is 0 Å². The first-order chi connectivity index (χ1) is 8.12. The van der Waals surface area contributed by atoms with Gasteiger partial charge < -0.3 is 4.57 Å². The van der Waals surface area contributed by atoms with Crippen molar-refractivity contribution < 1.29 is 4.57 Å². The lowest BCUT2D eigenvalue weighted by molar-refractivity contribution is 0.587. The molecular formula is C15H23OP. The second-order valence-corrected chi connectivity index (χ2v) is 7.43. The number of unbranched alkanes of at least 4 members (excludes halogenated alkanes) is 1. The van der Waals surface area contributed by atoms with E-state index in [0.717, 1.165) is 36.3 Å². The number of rotatable bonds is 6. The van der Waals surface area contributed by atoms with Crippen LogP contribution in [-0.2, 0) is 4.57 Å². The summed E-state index contributed by atoms with van der Waals surface area (Å²) in [5.74, 6) is 0. The van der Waals surface area contributed by atoms with Crippen molar-refractivity contribution in [1.82, 2.24) is 0 Å². The van der Waals surface area contributed by atoms with Gasteiger partial charge in [0, 0.05) is 5.30 Å². The average Bonchev–Trinajstić information content (AvgIpc) is 2.35. The first kappa shape index (κ1) is 14.3. The Kier molecular flexibility index (Phi) is 5.71. The van der Waals surface area contributed by atoms with Crippen molar-refractivity contribution in [3.8, 4) is 0 Å². The quantitative estimate of drug-likeness (QED) is 0.663. The molecule has 0 N–H and O–H groups in total. The normalized spacial score (nSPS) is 15.6. The molecular weight excluding hydrogens is 227 g/mol. The van der Waals surface area contributed by atoms with E-state index >= 15 is 0 Å². The SMILES string of the molecule is CCC/C=C(\CCC)P(C)(=O)c1ccccc1. The molecule has 17 heavy (non-hydrogen) atoms. The van der Waals surface area contributed by atoms with Crippen molar-refractivity contribution in [1.29, 1.82) is 0 Å². The van der Waals surface area contributed by atoms with Crippen LogP contribution in [0.3, 0.4) is 0 Å². The van der Waals surface area contributed by atoms with Crippen LogP contribution < -0.4 is 5.30 Å². The highest BCUT2D eigenvalue weighted by Gasteiger charge is 2.22. The van der Waals surface area contributed by atoms with Gasteiger partial charge in [0.25, 0.3) is 0 Å². The van der Waals surface area contributed by atoms with Gasteiger partial charge in [-0.3, -0.25) is 0 Å². The van der Waals surface area contributed by atoms with Crippen molar-refractivity contribution in [3.05, 3.63) is 41.7 Å². The van der Waals surface area contributed by atoms with Crippen LogP contribution in [0, 0.1) is 0 Å². The molecule has 0 aliphatic heterocycles. The second-order valence-electron chi connectivity index (χ2n) is 4.49. The minimum Gasteiger partial charge on any atom is -0.314 e. The van der Waals surface area contributed by atoms with E-state index in [1.807, 2.05) is 37.0 Å². The van der Waals surface area contributed by atoms with Gasteiger partial charge in [0.2, 0.25) is 0 Å². The number of benzene rings is 1. The Hall–Kier alpha value is -0.810. The van der Waals surface area contributed by atoms with Crippen LogP contribution in [0.1, 0.15) is 39.5 Å². The summed E-state index contributed by atoms with van der Waals surface area (Å²) in [5, 5.41) is 2.13. The Morgan fingerprint density at radius 3 is 2.35 bits per heavy atom. The highest BCUT2D eigenvalue weighted by atomic mass is 31.2. The van der Waals surface area contributed by atoms with Gasteiger partial charge in [-0.25, -0.2) is 0 Å². The summed E-state index contributed by atoms with van der Waals surface area (Å²) in [6, 6.07) is 9.87. The molecule has 1 atom stereocenters. The second kappa shape index (κ2) is 6.81. The fraction of sp³-hybridized carbons (Fsp3) is 0.467. The maximum absolute atomic E-state index is 12.9. The van der Waals surface area contributed by atoms with E-state index in [1.54, 1.807) is 0 Å². The minimum absolute atomic E-state index is 0.947. The summed E-state index contributed by atoms with van der Waals surface area (Å²) in [7, 11) is -2.34. The van der Waals surface area contributed by atoms with Crippen LogP contribution in [0.5, 0.6) is 0 Å². The minimum atomic E-state index is -2.34. The summed E-state index contributed by atoms with van der Waals surface area (Å²) >= 11 is 0. The molecule has 0 radical (unpaired) electrons. The highest BCUT2D eigenvalue weighted by molar-refractivity contribution is 7.74. The molecule has 0 saturated carbocycles. The molecule has 0 heterocycles. The zero-order valence-electron chi connectivity index (χ0n) is 11.1. The number of allylic oxidation sites excluding steroid dienone is 2. The fourth-order valence-corrected chi connectivity index (χ4v) is 4.14. The molecule has 0 saturated heterocycles. The highest BCUT2D eigenvalue weighted by Crippen LogP contribution is 2.51. The molecule has 0 spiro atoms. The molecule has 0 aliphatic rings. The topological polar surface area (TPSA) is 17.1 Å². The van der Waals surface area contributed by atoms with E-state index in [9.17, 15) is 4.57 Å². The Labute approximate surface area is 105 Å². The summed E-state index contributed by atoms with van der Waals surface area (Å²) < 4.78 is 12.9. The van der Waals surface area contributed by atoms with Gasteiger partial charge in [-0.2, -0.15) is 0 Å². The Balaban J connectivity index is 3.04. The molecule has 1 rings (SSSR count). The number of hydrogen-bond acceptors (Lipinski definition) is 1. The van der Waals surface area contributed by atoms with Crippen molar-refractivity contribution in [2.24, 2.45) is 0 Å². The lowest BCUT2D eigenvalue weighted by Gasteiger charge is -2.17. The average molecular weight is 250 g/mol. The Bertz CT molecular complexity index is 406. The molecule has 0 amide bonds. The maximum atomic E-state index is 12.9. The third-order valence-electron chi connectivity index (χ3n) is 2.97. The monoisotopic (exact) mass is 250 g/mol. The summed E-state index contributed by atoms with van der Waals surface area (Å²) in [5.41, 5.74) is 0. The van der Waals surface area contributed by atoms with Gasteiger partial charge in [-0.05, 0) is 24.8 Å². The van der Waals surface area contributed by atoms with Crippen LogP contribution in [0.25, 0.3) is 0 Å².